The summed E-state index contributed by atoms with van der Waals surface area (Å²) in [5, 5.41) is 10.1. The topological polar surface area (TPSA) is 96.4 Å². The van der Waals surface area contributed by atoms with E-state index in [-0.39, 0.29) is 24.6 Å². The quantitative estimate of drug-likeness (QED) is 0.537. The SMILES string of the molecule is CCOC(=O)c1sc(N(Cc2nc(-c3ccccc3)oc2C)C(C)=O)c(C#N)c1C. The molecular formula is C22H21N3O4S. The number of anilines is 1. The molecule has 0 saturated heterocycles. The van der Waals surface area contributed by atoms with E-state index in [1.54, 1.807) is 20.8 Å². The molecule has 1 aromatic carbocycles. The number of thiophene rings is 1. The average molecular weight is 423 g/mol. The highest BCUT2D eigenvalue weighted by molar-refractivity contribution is 7.18. The summed E-state index contributed by atoms with van der Waals surface area (Å²) in [5.41, 5.74) is 2.19. The number of benzene rings is 1. The Labute approximate surface area is 178 Å². The Morgan fingerprint density at radius 1 is 1.27 bits per heavy atom. The Morgan fingerprint density at radius 3 is 2.57 bits per heavy atom. The maximum absolute atomic E-state index is 12.5. The van der Waals surface area contributed by atoms with Crippen molar-refractivity contribution in [1.82, 2.24) is 4.98 Å². The van der Waals surface area contributed by atoms with Crippen molar-refractivity contribution in [2.45, 2.75) is 34.2 Å². The number of aromatic nitrogens is 1. The lowest BCUT2D eigenvalue weighted by atomic mass is 10.1. The number of esters is 1. The fourth-order valence-corrected chi connectivity index (χ4v) is 4.16. The van der Waals surface area contributed by atoms with Crippen LogP contribution >= 0.6 is 11.3 Å². The molecule has 0 saturated carbocycles. The zero-order chi connectivity index (χ0) is 21.8. The number of rotatable bonds is 6. The normalized spacial score (nSPS) is 10.5. The highest BCUT2D eigenvalue weighted by atomic mass is 32.1. The highest BCUT2D eigenvalue weighted by Gasteiger charge is 2.27. The average Bonchev–Trinajstić information content (AvgIpc) is 3.26. The minimum atomic E-state index is -0.504. The Bertz CT molecular complexity index is 1130. The molecule has 8 heteroatoms. The number of hydrogen-bond acceptors (Lipinski definition) is 7. The molecule has 7 nitrogen and oxygen atoms in total. The van der Waals surface area contributed by atoms with E-state index in [4.69, 9.17) is 9.15 Å². The summed E-state index contributed by atoms with van der Waals surface area (Å²) in [6, 6.07) is 11.6. The van der Waals surface area contributed by atoms with E-state index in [0.29, 0.717) is 32.8 Å². The van der Waals surface area contributed by atoms with Crippen molar-refractivity contribution in [3.05, 3.63) is 57.8 Å². The molecule has 3 rings (SSSR count). The van der Waals surface area contributed by atoms with Gasteiger partial charge in [0.1, 0.15) is 27.4 Å². The first-order chi connectivity index (χ1) is 14.4. The van der Waals surface area contributed by atoms with Gasteiger partial charge in [-0.15, -0.1) is 11.3 Å². The van der Waals surface area contributed by atoms with Gasteiger partial charge in [0, 0.05) is 12.5 Å². The van der Waals surface area contributed by atoms with E-state index in [0.717, 1.165) is 16.9 Å². The molecule has 154 valence electrons. The predicted octanol–water partition coefficient (Wildman–Crippen LogP) is 4.62. The zero-order valence-corrected chi connectivity index (χ0v) is 18.0. The van der Waals surface area contributed by atoms with Crippen molar-refractivity contribution in [1.29, 1.82) is 5.26 Å². The molecule has 0 radical (unpaired) electrons. The van der Waals surface area contributed by atoms with Crippen LogP contribution in [0.15, 0.2) is 34.7 Å². The van der Waals surface area contributed by atoms with E-state index in [9.17, 15) is 14.9 Å². The van der Waals surface area contributed by atoms with Gasteiger partial charge in [0.25, 0.3) is 0 Å². The van der Waals surface area contributed by atoms with E-state index in [2.05, 4.69) is 11.1 Å². The van der Waals surface area contributed by atoms with Crippen LogP contribution in [0, 0.1) is 25.2 Å². The van der Waals surface area contributed by atoms with Crippen LogP contribution < -0.4 is 4.90 Å². The second kappa shape index (κ2) is 8.93. The number of oxazole rings is 1. The summed E-state index contributed by atoms with van der Waals surface area (Å²) >= 11 is 1.07. The number of aryl methyl sites for hydroxylation is 1. The van der Waals surface area contributed by atoms with Crippen LogP contribution in [0.25, 0.3) is 11.5 Å². The Hall–Kier alpha value is -3.44. The molecule has 0 unspecified atom stereocenters. The second-order valence-corrected chi connectivity index (χ2v) is 7.56. The second-order valence-electron chi connectivity index (χ2n) is 6.56. The molecule has 3 aromatic rings. The first-order valence-electron chi connectivity index (χ1n) is 9.37. The smallest absolute Gasteiger partial charge is 0.348 e. The molecule has 1 amide bonds. The monoisotopic (exact) mass is 423 g/mol. The molecular weight excluding hydrogens is 402 g/mol. The summed E-state index contributed by atoms with van der Waals surface area (Å²) in [7, 11) is 0. The van der Waals surface area contributed by atoms with Crippen molar-refractivity contribution >= 4 is 28.2 Å². The van der Waals surface area contributed by atoms with Crippen molar-refractivity contribution in [2.24, 2.45) is 0 Å². The van der Waals surface area contributed by atoms with Crippen LogP contribution in [0.2, 0.25) is 0 Å². The van der Waals surface area contributed by atoms with Gasteiger partial charge < -0.3 is 9.15 Å². The zero-order valence-electron chi connectivity index (χ0n) is 17.2. The predicted molar refractivity (Wildman–Crippen MR) is 113 cm³/mol. The fraction of sp³-hybridized carbons (Fsp3) is 0.273. The van der Waals surface area contributed by atoms with E-state index < -0.39 is 5.97 Å². The van der Waals surface area contributed by atoms with Crippen LogP contribution in [-0.4, -0.2) is 23.5 Å². The number of nitrogens with zero attached hydrogens (tertiary/aromatic N) is 3. The Morgan fingerprint density at radius 2 is 1.97 bits per heavy atom. The third kappa shape index (κ3) is 4.11. The van der Waals surface area contributed by atoms with Gasteiger partial charge in [0.2, 0.25) is 11.8 Å². The van der Waals surface area contributed by atoms with Gasteiger partial charge in [0.05, 0.1) is 18.7 Å². The lowest BCUT2D eigenvalue weighted by molar-refractivity contribution is -0.116. The van der Waals surface area contributed by atoms with Crippen molar-refractivity contribution < 1.29 is 18.7 Å². The van der Waals surface area contributed by atoms with Crippen LogP contribution in [0.1, 0.15) is 46.1 Å². The molecule has 0 N–H and O–H groups in total. The maximum Gasteiger partial charge on any atom is 0.348 e. The summed E-state index contributed by atoms with van der Waals surface area (Å²) in [6.07, 6.45) is 0. The highest BCUT2D eigenvalue weighted by Crippen LogP contribution is 2.37. The van der Waals surface area contributed by atoms with Crippen molar-refractivity contribution in [3.63, 3.8) is 0 Å². The first-order valence-corrected chi connectivity index (χ1v) is 10.2. The lowest BCUT2D eigenvalue weighted by Crippen LogP contribution is -2.28. The number of hydrogen-bond donors (Lipinski definition) is 0. The largest absolute Gasteiger partial charge is 0.462 e. The van der Waals surface area contributed by atoms with Crippen LogP contribution in [0.3, 0.4) is 0 Å². The van der Waals surface area contributed by atoms with Gasteiger partial charge in [-0.25, -0.2) is 9.78 Å². The van der Waals surface area contributed by atoms with Crippen molar-refractivity contribution in [2.75, 3.05) is 11.5 Å². The van der Waals surface area contributed by atoms with Gasteiger partial charge in [-0.2, -0.15) is 5.26 Å². The standard InChI is InChI=1S/C22H21N3O4S/c1-5-28-22(27)19-13(2)17(11-23)21(30-19)25(15(4)26)12-18-14(3)29-20(24-18)16-9-7-6-8-10-16/h6-10H,5,12H2,1-4H3. The summed E-state index contributed by atoms with van der Waals surface area (Å²) in [6.45, 7) is 6.93. The number of ether oxygens (including phenoxy) is 1. The van der Waals surface area contributed by atoms with Gasteiger partial charge in [-0.1, -0.05) is 18.2 Å². The third-order valence-corrected chi connectivity index (χ3v) is 5.84. The number of carbonyl (C=O) groups excluding carboxylic acids is 2. The minimum Gasteiger partial charge on any atom is -0.462 e. The van der Waals surface area contributed by atoms with Gasteiger partial charge >= 0.3 is 5.97 Å². The molecule has 0 aliphatic carbocycles. The molecule has 2 heterocycles. The van der Waals surface area contributed by atoms with Gasteiger partial charge in [-0.05, 0) is 38.5 Å². The first kappa shape index (κ1) is 21.3. The molecule has 2 aromatic heterocycles. The van der Waals surface area contributed by atoms with Crippen LogP contribution in [0.5, 0.6) is 0 Å². The van der Waals surface area contributed by atoms with E-state index in [1.165, 1.54) is 11.8 Å². The Kier molecular flexibility index (Phi) is 6.33. The minimum absolute atomic E-state index is 0.119. The summed E-state index contributed by atoms with van der Waals surface area (Å²) in [4.78, 5) is 31.0. The fourth-order valence-electron chi connectivity index (χ4n) is 2.97. The van der Waals surface area contributed by atoms with Crippen molar-refractivity contribution in [3.8, 4) is 17.5 Å². The molecule has 0 aliphatic heterocycles. The lowest BCUT2D eigenvalue weighted by Gasteiger charge is -2.18. The number of carbonyl (C=O) groups is 2. The number of nitriles is 1. The molecule has 30 heavy (non-hydrogen) atoms. The molecule has 0 aliphatic rings. The summed E-state index contributed by atoms with van der Waals surface area (Å²) < 4.78 is 10.9. The molecule has 0 atom stereocenters. The van der Waals surface area contributed by atoms with Gasteiger partial charge in [-0.3, -0.25) is 9.69 Å². The summed E-state index contributed by atoms with van der Waals surface area (Å²) in [5.74, 6) is 0.265. The van der Waals surface area contributed by atoms with Crippen LogP contribution in [0.4, 0.5) is 5.00 Å². The molecule has 0 spiro atoms. The van der Waals surface area contributed by atoms with Crippen LogP contribution in [-0.2, 0) is 16.1 Å². The molecule has 0 fully saturated rings. The number of amides is 1. The van der Waals surface area contributed by atoms with Gasteiger partial charge in [0.15, 0.2) is 0 Å². The third-order valence-electron chi connectivity index (χ3n) is 4.55. The Balaban J connectivity index is 2.00. The molecule has 0 bridgehead atoms. The maximum atomic E-state index is 12.5. The van der Waals surface area contributed by atoms with E-state index >= 15 is 0 Å². The van der Waals surface area contributed by atoms with E-state index in [1.807, 2.05) is 30.3 Å².